The van der Waals surface area contributed by atoms with Crippen molar-refractivity contribution in [3.8, 4) is 5.75 Å². The molecule has 0 heterocycles. The minimum atomic E-state index is 0.0969. The third-order valence-electron chi connectivity index (χ3n) is 1.75. The van der Waals surface area contributed by atoms with Crippen LogP contribution in [0.15, 0.2) is 29.3 Å². The molecule has 3 heteroatoms. The lowest BCUT2D eigenvalue weighted by Crippen LogP contribution is -2.13. The fourth-order valence-corrected chi connectivity index (χ4v) is 0.865. The lowest BCUT2D eigenvalue weighted by molar-refractivity contribution is 0.474. The van der Waals surface area contributed by atoms with Gasteiger partial charge in [0.25, 0.3) is 0 Å². The molecule has 0 bridgehead atoms. The monoisotopic (exact) mass is 178 g/mol. The van der Waals surface area contributed by atoms with Gasteiger partial charge in [-0.15, -0.1) is 0 Å². The Balaban J connectivity index is 2.74. The van der Waals surface area contributed by atoms with Crippen molar-refractivity contribution in [3.05, 3.63) is 29.8 Å². The number of aromatic hydroxyl groups is 1. The Kier molecular flexibility index (Phi) is 3.46. The average Bonchev–Trinajstić information content (AvgIpc) is 2.16. The fourth-order valence-electron chi connectivity index (χ4n) is 0.865. The van der Waals surface area contributed by atoms with Crippen LogP contribution < -0.4 is 5.73 Å². The fraction of sp³-hybridized carbons (Fsp3) is 0.300. The Bertz CT molecular complexity index is 297. The van der Waals surface area contributed by atoms with Crippen molar-refractivity contribution in [3.63, 3.8) is 0 Å². The van der Waals surface area contributed by atoms with E-state index in [4.69, 9.17) is 5.73 Å². The van der Waals surface area contributed by atoms with Crippen LogP contribution in [0.25, 0.3) is 0 Å². The molecule has 3 N–H and O–H groups in total. The van der Waals surface area contributed by atoms with Crippen LogP contribution in [0.3, 0.4) is 0 Å². The minimum Gasteiger partial charge on any atom is -0.507 e. The van der Waals surface area contributed by atoms with Gasteiger partial charge in [0, 0.05) is 18.3 Å². The smallest absolute Gasteiger partial charge is 0.124 e. The molecule has 0 aliphatic heterocycles. The number of benzene rings is 1. The van der Waals surface area contributed by atoms with Gasteiger partial charge in [0.2, 0.25) is 0 Å². The van der Waals surface area contributed by atoms with Gasteiger partial charge in [0.15, 0.2) is 0 Å². The number of rotatable bonds is 3. The molecule has 1 unspecified atom stereocenters. The first-order valence-electron chi connectivity index (χ1n) is 4.25. The first-order valence-corrected chi connectivity index (χ1v) is 4.25. The number of phenolic OH excluding ortho intramolecular Hbond substituents is 1. The zero-order valence-electron chi connectivity index (χ0n) is 7.64. The third-order valence-corrected chi connectivity index (χ3v) is 1.75. The van der Waals surface area contributed by atoms with Crippen LogP contribution in [0.5, 0.6) is 5.75 Å². The molecule has 0 amide bonds. The predicted octanol–water partition coefficient (Wildman–Crippen LogP) is 1.16. The second-order valence-electron chi connectivity index (χ2n) is 2.92. The number of para-hydroxylation sites is 1. The topological polar surface area (TPSA) is 58.6 Å². The first-order chi connectivity index (χ1) is 6.24. The van der Waals surface area contributed by atoms with E-state index in [2.05, 4.69) is 4.99 Å². The van der Waals surface area contributed by atoms with E-state index < -0.39 is 0 Å². The highest BCUT2D eigenvalue weighted by molar-refractivity contribution is 5.83. The Hall–Kier alpha value is -1.35. The molecule has 1 atom stereocenters. The van der Waals surface area contributed by atoms with Gasteiger partial charge < -0.3 is 10.8 Å². The molecule has 0 aliphatic carbocycles. The summed E-state index contributed by atoms with van der Waals surface area (Å²) in [5.74, 6) is 0.246. The molecule has 70 valence electrons. The van der Waals surface area contributed by atoms with E-state index in [0.29, 0.717) is 6.54 Å². The average molecular weight is 178 g/mol. The number of nitrogens with zero attached hydrogens (tertiary/aromatic N) is 1. The molecule has 0 spiro atoms. The van der Waals surface area contributed by atoms with E-state index in [1.54, 1.807) is 18.3 Å². The molecular formula is C10H14N2O. The van der Waals surface area contributed by atoms with Crippen molar-refractivity contribution in [2.75, 3.05) is 6.54 Å². The van der Waals surface area contributed by atoms with Crippen LogP contribution in [0.2, 0.25) is 0 Å². The molecule has 0 saturated carbocycles. The molecule has 0 radical (unpaired) electrons. The molecule has 1 rings (SSSR count). The van der Waals surface area contributed by atoms with Gasteiger partial charge in [0.05, 0.1) is 6.04 Å². The lowest BCUT2D eigenvalue weighted by atomic mass is 10.2. The highest BCUT2D eigenvalue weighted by Gasteiger charge is 1.96. The van der Waals surface area contributed by atoms with Crippen molar-refractivity contribution in [1.82, 2.24) is 0 Å². The van der Waals surface area contributed by atoms with Crippen LogP contribution in [0, 0.1) is 0 Å². The van der Waals surface area contributed by atoms with Gasteiger partial charge in [-0.25, -0.2) is 0 Å². The van der Waals surface area contributed by atoms with E-state index in [-0.39, 0.29) is 11.8 Å². The Morgan fingerprint density at radius 2 is 2.23 bits per heavy atom. The second-order valence-corrected chi connectivity index (χ2v) is 2.92. The standard InChI is InChI=1S/C10H14N2O/c1-8(6-11)12-7-9-4-2-3-5-10(9)13/h2-5,7-8,13H,6,11H2,1H3/b12-7+. The van der Waals surface area contributed by atoms with Crippen LogP contribution >= 0.6 is 0 Å². The summed E-state index contributed by atoms with van der Waals surface area (Å²) in [5.41, 5.74) is 6.12. The van der Waals surface area contributed by atoms with E-state index >= 15 is 0 Å². The molecule has 13 heavy (non-hydrogen) atoms. The maximum Gasteiger partial charge on any atom is 0.124 e. The van der Waals surface area contributed by atoms with Crippen LogP contribution in [0.1, 0.15) is 12.5 Å². The van der Waals surface area contributed by atoms with E-state index in [1.165, 1.54) is 0 Å². The summed E-state index contributed by atoms with van der Waals surface area (Å²) in [5, 5.41) is 9.37. The summed E-state index contributed by atoms with van der Waals surface area (Å²) in [6, 6.07) is 7.17. The largest absolute Gasteiger partial charge is 0.507 e. The van der Waals surface area contributed by atoms with Crippen LogP contribution in [-0.2, 0) is 0 Å². The van der Waals surface area contributed by atoms with Crippen molar-refractivity contribution in [2.24, 2.45) is 10.7 Å². The van der Waals surface area contributed by atoms with Gasteiger partial charge >= 0.3 is 0 Å². The normalized spacial score (nSPS) is 13.4. The molecule has 0 fully saturated rings. The highest BCUT2D eigenvalue weighted by Crippen LogP contribution is 2.12. The lowest BCUT2D eigenvalue weighted by Gasteiger charge is -2.01. The molecule has 1 aromatic rings. The highest BCUT2D eigenvalue weighted by atomic mass is 16.3. The van der Waals surface area contributed by atoms with Gasteiger partial charge in [-0.05, 0) is 19.1 Å². The van der Waals surface area contributed by atoms with E-state index in [9.17, 15) is 5.11 Å². The number of nitrogens with two attached hydrogens (primary N) is 1. The maximum absolute atomic E-state index is 9.37. The minimum absolute atomic E-state index is 0.0969. The summed E-state index contributed by atoms with van der Waals surface area (Å²) >= 11 is 0. The van der Waals surface area contributed by atoms with Gasteiger partial charge in [-0.3, -0.25) is 4.99 Å². The predicted molar refractivity (Wildman–Crippen MR) is 54.2 cm³/mol. The molecule has 1 aromatic carbocycles. The van der Waals surface area contributed by atoms with Crippen molar-refractivity contribution in [2.45, 2.75) is 13.0 Å². The summed E-state index contributed by atoms with van der Waals surface area (Å²) in [4.78, 5) is 4.16. The first kappa shape index (κ1) is 9.74. The SMILES string of the molecule is CC(CN)/N=C/c1ccccc1O. The zero-order valence-corrected chi connectivity index (χ0v) is 7.64. The summed E-state index contributed by atoms with van der Waals surface area (Å²) < 4.78 is 0. The van der Waals surface area contributed by atoms with Crippen molar-refractivity contribution < 1.29 is 5.11 Å². The third kappa shape index (κ3) is 2.87. The van der Waals surface area contributed by atoms with Gasteiger partial charge in [-0.2, -0.15) is 0 Å². The van der Waals surface area contributed by atoms with Crippen LogP contribution in [-0.4, -0.2) is 23.9 Å². The number of hydrogen-bond acceptors (Lipinski definition) is 3. The van der Waals surface area contributed by atoms with E-state index in [1.807, 2.05) is 19.1 Å². The Labute approximate surface area is 77.9 Å². The molecule has 0 saturated heterocycles. The van der Waals surface area contributed by atoms with E-state index in [0.717, 1.165) is 5.56 Å². The number of hydrogen-bond donors (Lipinski definition) is 2. The molecule has 3 nitrogen and oxygen atoms in total. The van der Waals surface area contributed by atoms with Gasteiger partial charge in [-0.1, -0.05) is 12.1 Å². The molecule has 0 aliphatic rings. The quantitative estimate of drug-likeness (QED) is 0.682. The zero-order chi connectivity index (χ0) is 9.68. The second kappa shape index (κ2) is 4.62. The summed E-state index contributed by atoms with van der Waals surface area (Å²) in [6.07, 6.45) is 1.65. The number of phenols is 1. The summed E-state index contributed by atoms with van der Waals surface area (Å²) in [6.45, 7) is 2.45. The van der Waals surface area contributed by atoms with Crippen LogP contribution in [0.4, 0.5) is 0 Å². The molecular weight excluding hydrogens is 164 g/mol. The maximum atomic E-state index is 9.37. The summed E-state index contributed by atoms with van der Waals surface area (Å²) in [7, 11) is 0. The Morgan fingerprint density at radius 3 is 2.85 bits per heavy atom. The van der Waals surface area contributed by atoms with Crippen molar-refractivity contribution in [1.29, 1.82) is 0 Å². The molecule has 0 aromatic heterocycles. The number of aliphatic imine (C=N–C) groups is 1. The van der Waals surface area contributed by atoms with Crippen molar-refractivity contribution >= 4 is 6.21 Å². The Morgan fingerprint density at radius 1 is 1.54 bits per heavy atom. The van der Waals surface area contributed by atoms with Gasteiger partial charge in [0.1, 0.15) is 5.75 Å².